The lowest BCUT2D eigenvalue weighted by molar-refractivity contribution is -0.137. The van der Waals surface area contributed by atoms with Gasteiger partial charge in [-0.25, -0.2) is 13.1 Å². The molecule has 10 nitrogen and oxygen atoms in total. The van der Waals surface area contributed by atoms with Crippen molar-refractivity contribution < 1.29 is 28.2 Å². The summed E-state index contributed by atoms with van der Waals surface area (Å²) in [5, 5.41) is 25.6. The maximum Gasteiger partial charge on any atom is 0.249 e. The molecule has 0 heterocycles. The molecule has 1 atom stereocenters. The highest BCUT2D eigenvalue weighted by Crippen LogP contribution is 2.30. The van der Waals surface area contributed by atoms with Crippen LogP contribution in [-0.4, -0.2) is 76.9 Å². The number of amides is 2. The zero-order chi connectivity index (χ0) is 25.5. The van der Waals surface area contributed by atoms with Crippen LogP contribution in [0.2, 0.25) is 0 Å². The predicted octanol–water partition coefficient (Wildman–Crippen LogP) is 0.186. The monoisotopic (exact) mass is 494 g/mol. The first kappa shape index (κ1) is 27.5. The van der Waals surface area contributed by atoms with Crippen molar-refractivity contribution in [2.24, 2.45) is 5.41 Å². The minimum Gasteiger partial charge on any atom is -0.396 e. The molecule has 2 amide bonds. The quantitative estimate of drug-likeness (QED) is 0.265. The largest absolute Gasteiger partial charge is 0.396 e. The van der Waals surface area contributed by atoms with E-state index in [4.69, 9.17) is 0 Å². The Hall–Kier alpha value is -2.73. The van der Waals surface area contributed by atoms with Gasteiger partial charge in [-0.15, -0.1) is 0 Å². The van der Waals surface area contributed by atoms with Crippen LogP contribution in [-0.2, 0) is 19.6 Å². The van der Waals surface area contributed by atoms with Crippen LogP contribution in [0.5, 0.6) is 0 Å². The van der Waals surface area contributed by atoms with Crippen LogP contribution in [0, 0.1) is 5.41 Å². The number of fused-ring (bicyclic) bond motifs is 1. The van der Waals surface area contributed by atoms with E-state index < -0.39 is 27.4 Å². The zero-order valence-corrected chi connectivity index (χ0v) is 20.8. The van der Waals surface area contributed by atoms with E-state index in [9.17, 15) is 28.2 Å². The van der Waals surface area contributed by atoms with Crippen LogP contribution in [0.15, 0.2) is 41.3 Å². The molecule has 2 aromatic carbocycles. The van der Waals surface area contributed by atoms with E-state index in [1.165, 1.54) is 6.07 Å². The Labute approximate surface area is 200 Å². The average Bonchev–Trinajstić information content (AvgIpc) is 2.80. The van der Waals surface area contributed by atoms with Crippen LogP contribution in [0.4, 0.5) is 5.69 Å². The summed E-state index contributed by atoms with van der Waals surface area (Å²) in [6.07, 6.45) is -1.45. The van der Waals surface area contributed by atoms with Crippen molar-refractivity contribution in [3.63, 3.8) is 0 Å². The molecule has 0 aliphatic heterocycles. The zero-order valence-electron chi connectivity index (χ0n) is 20.0. The normalized spacial score (nSPS) is 12.9. The summed E-state index contributed by atoms with van der Waals surface area (Å²) < 4.78 is 28.2. The van der Waals surface area contributed by atoms with Gasteiger partial charge in [0.15, 0.2) is 0 Å². The number of hydrogen-bond acceptors (Lipinski definition) is 7. The number of nitrogens with one attached hydrogen (secondary N) is 3. The summed E-state index contributed by atoms with van der Waals surface area (Å²) in [6.45, 7) is 2.79. The van der Waals surface area contributed by atoms with Crippen molar-refractivity contribution in [2.45, 2.75) is 31.3 Å². The number of nitrogens with zero attached hydrogens (tertiary/aromatic N) is 1. The molecule has 0 radical (unpaired) electrons. The molecule has 2 rings (SSSR count). The highest BCUT2D eigenvalue weighted by molar-refractivity contribution is 7.89. The maximum absolute atomic E-state index is 12.9. The maximum atomic E-state index is 12.9. The Bertz CT molecular complexity index is 1120. The lowest BCUT2D eigenvalue weighted by Crippen LogP contribution is -2.46. The third-order valence-electron chi connectivity index (χ3n) is 5.42. The molecular formula is C23H34N4O6S. The van der Waals surface area contributed by atoms with Gasteiger partial charge in [0.05, 0.1) is 11.5 Å². The smallest absolute Gasteiger partial charge is 0.249 e. The molecule has 5 N–H and O–H groups in total. The van der Waals surface area contributed by atoms with E-state index in [2.05, 4.69) is 15.4 Å². The second-order valence-electron chi connectivity index (χ2n) is 8.86. The number of carbonyl (C=O) groups excluding carboxylic acids is 2. The van der Waals surface area contributed by atoms with E-state index in [0.717, 1.165) is 11.1 Å². The third-order valence-corrected chi connectivity index (χ3v) is 6.94. The highest BCUT2D eigenvalue weighted by Gasteiger charge is 2.32. The molecule has 0 bridgehead atoms. The number of hydrogen-bond donors (Lipinski definition) is 5. The second-order valence-corrected chi connectivity index (χ2v) is 10.6. The highest BCUT2D eigenvalue weighted by atomic mass is 32.2. The number of benzene rings is 2. The van der Waals surface area contributed by atoms with E-state index in [1.807, 2.05) is 31.1 Å². The molecule has 34 heavy (non-hydrogen) atoms. The van der Waals surface area contributed by atoms with Crippen molar-refractivity contribution in [2.75, 3.05) is 45.2 Å². The number of anilines is 1. The van der Waals surface area contributed by atoms with Crippen LogP contribution in [0.3, 0.4) is 0 Å². The summed E-state index contributed by atoms with van der Waals surface area (Å²) in [5.41, 5.74) is -0.0944. The first-order chi connectivity index (χ1) is 15.9. The fourth-order valence-corrected chi connectivity index (χ4v) is 4.53. The lowest BCUT2D eigenvalue weighted by Gasteiger charge is -2.27. The number of aliphatic hydroxyl groups is 2. The Morgan fingerprint density at radius 3 is 2.29 bits per heavy atom. The molecule has 11 heteroatoms. The van der Waals surface area contributed by atoms with Gasteiger partial charge in [-0.05, 0) is 12.1 Å². The lowest BCUT2D eigenvalue weighted by atomic mass is 9.87. The summed E-state index contributed by atoms with van der Waals surface area (Å²) in [4.78, 5) is 25.9. The molecular weight excluding hydrogens is 460 g/mol. The molecule has 0 saturated heterocycles. The van der Waals surface area contributed by atoms with Gasteiger partial charge in [0.2, 0.25) is 21.8 Å². The fourth-order valence-electron chi connectivity index (χ4n) is 3.28. The average molecular weight is 495 g/mol. The summed E-state index contributed by atoms with van der Waals surface area (Å²) in [5.74, 6) is -1.05. The molecule has 0 aromatic heterocycles. The Morgan fingerprint density at radius 2 is 1.65 bits per heavy atom. The molecule has 0 saturated carbocycles. The third kappa shape index (κ3) is 6.89. The Kier molecular flexibility index (Phi) is 9.39. The molecule has 0 aliphatic rings. The van der Waals surface area contributed by atoms with Gasteiger partial charge in [0, 0.05) is 62.0 Å². The van der Waals surface area contributed by atoms with E-state index in [1.54, 1.807) is 32.0 Å². The standard InChI is InChI=1S/C23H34N4O6S/c1-23(2,15-28)21(30)22(31)25-12-11-20(29)24-13-14-26-34(32,33)19-10-6-7-16-17(19)8-5-9-18(16)27(3)4/h5-10,21,26,28,30H,11-15H2,1-4H3,(H,24,29)(H,25,31)/t21-/m0/s1. The predicted molar refractivity (Wildman–Crippen MR) is 131 cm³/mol. The van der Waals surface area contributed by atoms with Crippen molar-refractivity contribution in [1.82, 2.24) is 15.4 Å². The van der Waals surface area contributed by atoms with Gasteiger partial charge in [0.25, 0.3) is 0 Å². The number of aliphatic hydroxyl groups excluding tert-OH is 2. The Morgan fingerprint density at radius 1 is 1.00 bits per heavy atom. The number of sulfonamides is 1. The molecule has 0 aliphatic carbocycles. The molecule has 0 unspecified atom stereocenters. The molecule has 0 fully saturated rings. The SMILES string of the molecule is CN(C)c1cccc2c(S(=O)(=O)NCCNC(=O)CCNC(=O)[C@H](O)C(C)(C)CO)cccc12. The summed E-state index contributed by atoms with van der Waals surface area (Å²) in [7, 11) is -0.0281. The topological polar surface area (TPSA) is 148 Å². The van der Waals surface area contributed by atoms with Gasteiger partial charge in [-0.1, -0.05) is 38.1 Å². The van der Waals surface area contributed by atoms with Gasteiger partial charge >= 0.3 is 0 Å². The minimum absolute atomic E-state index is 0.000818. The van der Waals surface area contributed by atoms with Gasteiger partial charge in [-0.2, -0.15) is 0 Å². The van der Waals surface area contributed by atoms with Crippen LogP contribution >= 0.6 is 0 Å². The number of rotatable bonds is 12. The van der Waals surface area contributed by atoms with E-state index in [-0.39, 0.29) is 43.5 Å². The Balaban J connectivity index is 1.85. The first-order valence-corrected chi connectivity index (χ1v) is 12.4. The van der Waals surface area contributed by atoms with E-state index in [0.29, 0.717) is 5.39 Å². The fraction of sp³-hybridized carbons (Fsp3) is 0.478. The molecule has 188 valence electrons. The first-order valence-electron chi connectivity index (χ1n) is 10.9. The molecule has 2 aromatic rings. The minimum atomic E-state index is -3.81. The van der Waals surface area contributed by atoms with Gasteiger partial charge < -0.3 is 25.7 Å². The van der Waals surface area contributed by atoms with Crippen LogP contribution in [0.25, 0.3) is 10.8 Å². The van der Waals surface area contributed by atoms with Gasteiger partial charge in [0.1, 0.15) is 6.10 Å². The van der Waals surface area contributed by atoms with Crippen molar-refractivity contribution in [1.29, 1.82) is 0 Å². The van der Waals surface area contributed by atoms with Crippen LogP contribution < -0.4 is 20.3 Å². The van der Waals surface area contributed by atoms with Crippen molar-refractivity contribution in [3.05, 3.63) is 36.4 Å². The second kappa shape index (κ2) is 11.6. The van der Waals surface area contributed by atoms with E-state index >= 15 is 0 Å². The van der Waals surface area contributed by atoms with Gasteiger partial charge in [-0.3, -0.25) is 9.59 Å². The summed E-state index contributed by atoms with van der Waals surface area (Å²) >= 11 is 0. The van der Waals surface area contributed by atoms with Crippen molar-refractivity contribution in [3.8, 4) is 0 Å². The molecule has 0 spiro atoms. The summed E-state index contributed by atoms with van der Waals surface area (Å²) in [6, 6.07) is 10.6. The van der Waals surface area contributed by atoms with Crippen molar-refractivity contribution >= 4 is 38.3 Å². The van der Waals surface area contributed by atoms with Crippen LogP contribution in [0.1, 0.15) is 20.3 Å². The number of carbonyl (C=O) groups is 2.